The van der Waals surface area contributed by atoms with Crippen molar-refractivity contribution in [3.63, 3.8) is 0 Å². The van der Waals surface area contributed by atoms with E-state index in [9.17, 15) is 0 Å². The maximum Gasteiger partial charge on any atom is 0.0947 e. The van der Waals surface area contributed by atoms with Crippen molar-refractivity contribution >= 4 is 18.1 Å². The molecule has 0 N–H and O–H groups in total. The Balaban J connectivity index is 0.00000240. The predicted molar refractivity (Wildman–Crippen MR) is 124 cm³/mol. The second-order valence-corrected chi connectivity index (χ2v) is 10.1. The van der Waals surface area contributed by atoms with E-state index < -0.39 is 0 Å². The predicted octanol–water partition coefficient (Wildman–Crippen LogP) is 6.13. The van der Waals surface area contributed by atoms with Gasteiger partial charge in [0.15, 0.2) is 0 Å². The van der Waals surface area contributed by atoms with Gasteiger partial charge in [-0.15, -0.1) is 12.4 Å². The van der Waals surface area contributed by atoms with Crippen LogP contribution in [0.5, 0.6) is 0 Å². The molecule has 2 fully saturated rings. The summed E-state index contributed by atoms with van der Waals surface area (Å²) in [5.74, 6) is 0.708. The number of furan rings is 1. The number of halogens is 1. The molecule has 0 radical (unpaired) electrons. The molecule has 2 atom stereocenters. The van der Waals surface area contributed by atoms with Crippen molar-refractivity contribution in [2.75, 3.05) is 31.1 Å². The Morgan fingerprint density at radius 3 is 2.38 bits per heavy atom. The molecule has 1 saturated carbocycles. The van der Waals surface area contributed by atoms with E-state index in [1.165, 1.54) is 30.5 Å². The fraction of sp³-hybridized carbons (Fsp3) is 0.600. The monoisotopic (exact) mass is 416 g/mol. The number of anilines is 1. The third kappa shape index (κ3) is 4.67. The molecule has 1 aliphatic heterocycles. The van der Waals surface area contributed by atoms with Crippen molar-refractivity contribution in [1.29, 1.82) is 0 Å². The van der Waals surface area contributed by atoms with Gasteiger partial charge in [0.25, 0.3) is 0 Å². The highest BCUT2D eigenvalue weighted by Crippen LogP contribution is 2.51. The molecule has 2 heterocycles. The van der Waals surface area contributed by atoms with Crippen LogP contribution in [0, 0.1) is 11.3 Å². The third-order valence-corrected chi connectivity index (χ3v) is 7.49. The molecule has 3 nitrogen and oxygen atoms in total. The summed E-state index contributed by atoms with van der Waals surface area (Å²) in [7, 11) is 0. The summed E-state index contributed by atoms with van der Waals surface area (Å²) in [5.41, 5.74) is 5.08. The average Bonchev–Trinajstić information content (AvgIpc) is 3.19. The minimum absolute atomic E-state index is 0. The van der Waals surface area contributed by atoms with Crippen molar-refractivity contribution in [2.24, 2.45) is 11.3 Å². The van der Waals surface area contributed by atoms with E-state index in [1.54, 1.807) is 11.8 Å². The molecular weight excluding hydrogens is 380 g/mol. The van der Waals surface area contributed by atoms with E-state index in [0.717, 1.165) is 32.7 Å². The van der Waals surface area contributed by atoms with Crippen molar-refractivity contribution in [1.82, 2.24) is 4.90 Å². The highest BCUT2D eigenvalue weighted by Gasteiger charge is 2.43. The molecule has 4 heteroatoms. The molecule has 0 amide bonds. The molecular formula is C25H37ClN2O. The normalized spacial score (nSPS) is 27.4. The van der Waals surface area contributed by atoms with Gasteiger partial charge in [-0.3, -0.25) is 4.90 Å². The number of para-hydroxylation sites is 1. The second-order valence-electron chi connectivity index (χ2n) is 10.1. The van der Waals surface area contributed by atoms with Crippen LogP contribution in [0.3, 0.4) is 0 Å². The molecule has 1 aromatic heterocycles. The van der Waals surface area contributed by atoms with Gasteiger partial charge in [0.1, 0.15) is 0 Å². The molecule has 1 saturated heterocycles. The lowest BCUT2D eigenvalue weighted by atomic mass is 9.58. The van der Waals surface area contributed by atoms with Crippen LogP contribution in [0.25, 0.3) is 0 Å². The lowest BCUT2D eigenvalue weighted by Gasteiger charge is -2.48. The van der Waals surface area contributed by atoms with Gasteiger partial charge in [-0.25, -0.2) is 0 Å². The van der Waals surface area contributed by atoms with Gasteiger partial charge in [0.05, 0.1) is 12.5 Å². The molecule has 1 aliphatic carbocycles. The first-order valence-corrected chi connectivity index (χ1v) is 11.0. The van der Waals surface area contributed by atoms with Crippen LogP contribution < -0.4 is 4.90 Å². The zero-order chi connectivity index (χ0) is 19.8. The molecule has 1 aromatic carbocycles. The molecule has 29 heavy (non-hydrogen) atoms. The largest absolute Gasteiger partial charge is 0.472 e. The van der Waals surface area contributed by atoms with E-state index in [4.69, 9.17) is 4.42 Å². The van der Waals surface area contributed by atoms with E-state index >= 15 is 0 Å². The minimum Gasteiger partial charge on any atom is -0.472 e. The summed E-state index contributed by atoms with van der Waals surface area (Å²) in [5, 5.41) is 0. The first-order valence-electron chi connectivity index (χ1n) is 11.0. The summed E-state index contributed by atoms with van der Waals surface area (Å²) < 4.78 is 5.23. The Labute approximate surface area is 182 Å². The zero-order valence-corrected chi connectivity index (χ0v) is 19.3. The van der Waals surface area contributed by atoms with E-state index in [-0.39, 0.29) is 17.8 Å². The quantitative estimate of drug-likeness (QED) is 0.597. The van der Waals surface area contributed by atoms with Crippen LogP contribution in [-0.2, 0) is 12.0 Å². The van der Waals surface area contributed by atoms with Crippen LogP contribution in [0.15, 0.2) is 47.3 Å². The van der Waals surface area contributed by atoms with E-state index in [2.05, 4.69) is 67.8 Å². The fourth-order valence-corrected chi connectivity index (χ4v) is 5.42. The smallest absolute Gasteiger partial charge is 0.0947 e. The van der Waals surface area contributed by atoms with Crippen LogP contribution in [0.4, 0.5) is 5.69 Å². The van der Waals surface area contributed by atoms with Crippen LogP contribution in [-0.4, -0.2) is 31.1 Å². The van der Waals surface area contributed by atoms with E-state index in [0.29, 0.717) is 11.3 Å². The topological polar surface area (TPSA) is 19.6 Å². The Morgan fingerprint density at radius 1 is 1.00 bits per heavy atom. The number of hydrogen-bond donors (Lipinski definition) is 0. The maximum atomic E-state index is 5.23. The molecule has 4 rings (SSSR count). The molecule has 0 spiro atoms. The number of rotatable bonds is 4. The van der Waals surface area contributed by atoms with Crippen LogP contribution in [0.1, 0.15) is 58.1 Å². The lowest BCUT2D eigenvalue weighted by Crippen LogP contribution is -2.47. The Kier molecular flexibility index (Phi) is 6.70. The highest BCUT2D eigenvalue weighted by molar-refractivity contribution is 5.85. The fourth-order valence-electron chi connectivity index (χ4n) is 5.42. The SMILES string of the molecule is CC1CC(C)(C)CCC1(C)c1ccccc1N1CCN(Cc2ccoc2)CC1.Cl. The standard InChI is InChI=1S/C25H36N2O.ClH/c1-20-17-24(2,3)10-11-25(20,4)22-7-5-6-8-23(22)27-14-12-26(13-15-27)18-21-9-16-28-19-21;/h5-9,16,19-20H,10-15,17-18H2,1-4H3;1H. The van der Waals surface area contributed by atoms with Gasteiger partial charge in [-0.05, 0) is 53.7 Å². The Morgan fingerprint density at radius 2 is 1.72 bits per heavy atom. The van der Waals surface area contributed by atoms with Crippen molar-refractivity contribution < 1.29 is 4.42 Å². The minimum atomic E-state index is 0. The third-order valence-electron chi connectivity index (χ3n) is 7.49. The molecule has 160 valence electrons. The zero-order valence-electron chi connectivity index (χ0n) is 18.5. The van der Waals surface area contributed by atoms with Crippen LogP contribution in [0.2, 0.25) is 0 Å². The molecule has 0 bridgehead atoms. The molecule has 2 unspecified atom stereocenters. The van der Waals surface area contributed by atoms with Gasteiger partial charge in [-0.1, -0.05) is 45.9 Å². The number of hydrogen-bond acceptors (Lipinski definition) is 3. The maximum absolute atomic E-state index is 5.23. The van der Waals surface area contributed by atoms with E-state index in [1.807, 2.05) is 6.26 Å². The molecule has 2 aromatic rings. The number of piperazine rings is 1. The summed E-state index contributed by atoms with van der Waals surface area (Å²) in [6.45, 7) is 15.3. The Bertz CT molecular complexity index is 780. The first kappa shape index (κ1) is 22.2. The second kappa shape index (κ2) is 8.73. The number of nitrogens with zero attached hydrogens (tertiary/aromatic N) is 2. The first-order chi connectivity index (χ1) is 13.4. The number of benzene rings is 1. The van der Waals surface area contributed by atoms with Gasteiger partial charge in [-0.2, -0.15) is 0 Å². The van der Waals surface area contributed by atoms with Gasteiger partial charge >= 0.3 is 0 Å². The van der Waals surface area contributed by atoms with Crippen molar-refractivity contribution in [3.8, 4) is 0 Å². The van der Waals surface area contributed by atoms with Crippen LogP contribution >= 0.6 is 12.4 Å². The highest BCUT2D eigenvalue weighted by atomic mass is 35.5. The van der Waals surface area contributed by atoms with Crippen molar-refractivity contribution in [2.45, 2.75) is 58.9 Å². The molecule has 2 aliphatic rings. The van der Waals surface area contributed by atoms with Gasteiger partial charge in [0.2, 0.25) is 0 Å². The average molecular weight is 417 g/mol. The summed E-state index contributed by atoms with van der Waals surface area (Å²) in [6.07, 6.45) is 7.57. The van der Waals surface area contributed by atoms with Crippen molar-refractivity contribution in [3.05, 3.63) is 54.0 Å². The summed E-state index contributed by atoms with van der Waals surface area (Å²) in [6, 6.07) is 11.3. The summed E-state index contributed by atoms with van der Waals surface area (Å²) in [4.78, 5) is 5.16. The summed E-state index contributed by atoms with van der Waals surface area (Å²) >= 11 is 0. The van der Waals surface area contributed by atoms with Gasteiger partial charge < -0.3 is 9.32 Å². The Hall–Kier alpha value is -1.45. The lowest BCUT2D eigenvalue weighted by molar-refractivity contribution is 0.109. The van der Waals surface area contributed by atoms with Gasteiger partial charge in [0, 0.05) is 44.0 Å².